The largest absolute Gasteiger partial charge is 0.392 e. The molecule has 0 saturated carbocycles. The molecule has 2 rings (SSSR count). The molecular weight excluding hydrogens is 280 g/mol. The van der Waals surface area contributed by atoms with Gasteiger partial charge in [-0.15, -0.1) is 12.4 Å². The first-order chi connectivity index (χ1) is 9.19. The van der Waals surface area contributed by atoms with E-state index < -0.39 is 6.10 Å². The molecule has 1 heterocycles. The van der Waals surface area contributed by atoms with Gasteiger partial charge in [-0.25, -0.2) is 0 Å². The van der Waals surface area contributed by atoms with E-state index in [1.807, 2.05) is 31.2 Å². The summed E-state index contributed by atoms with van der Waals surface area (Å²) in [5, 5.41) is 15.2. The van der Waals surface area contributed by atoms with Crippen LogP contribution in [0.2, 0.25) is 0 Å². The molecule has 0 spiro atoms. The van der Waals surface area contributed by atoms with Gasteiger partial charge in [-0.1, -0.05) is 12.1 Å². The normalized spacial score (nSPS) is 21.3. The summed E-state index contributed by atoms with van der Waals surface area (Å²) >= 11 is 0. The van der Waals surface area contributed by atoms with Crippen molar-refractivity contribution < 1.29 is 14.6 Å². The van der Waals surface area contributed by atoms with Crippen LogP contribution < -0.4 is 10.6 Å². The summed E-state index contributed by atoms with van der Waals surface area (Å²) in [6.07, 6.45) is 0.0322. The fraction of sp³-hybridized carbons (Fsp3) is 0.500. The van der Waals surface area contributed by atoms with Crippen molar-refractivity contribution in [3.63, 3.8) is 0 Å². The van der Waals surface area contributed by atoms with E-state index >= 15 is 0 Å². The number of nitrogens with one attached hydrogen (secondary N) is 2. The smallest absolute Gasteiger partial charge is 0.241 e. The van der Waals surface area contributed by atoms with E-state index in [1.165, 1.54) is 0 Å². The lowest BCUT2D eigenvalue weighted by Crippen LogP contribution is -2.35. The van der Waals surface area contributed by atoms with Gasteiger partial charge in [0.2, 0.25) is 5.91 Å². The van der Waals surface area contributed by atoms with Crippen molar-refractivity contribution >= 4 is 24.0 Å². The summed E-state index contributed by atoms with van der Waals surface area (Å²) in [4.78, 5) is 12.0. The number of ether oxygens (including phenoxy) is 1. The van der Waals surface area contributed by atoms with Gasteiger partial charge in [0.15, 0.2) is 0 Å². The number of anilines is 1. The Bertz CT molecular complexity index is 442. The van der Waals surface area contributed by atoms with E-state index in [0.29, 0.717) is 26.2 Å². The standard InChI is InChI=1S/C14H20N2O3.ClH/c1-2-19-9-10-4-3-5-11(6-10)16-14(18)13-7-12(17)8-15-13;/h3-6,12-13,15,17H,2,7-9H2,1H3,(H,16,18);1H. The first-order valence-corrected chi connectivity index (χ1v) is 6.58. The predicted octanol–water partition coefficient (Wildman–Crippen LogP) is 1.31. The van der Waals surface area contributed by atoms with Crippen molar-refractivity contribution in [1.29, 1.82) is 0 Å². The van der Waals surface area contributed by atoms with Gasteiger partial charge in [-0.2, -0.15) is 0 Å². The van der Waals surface area contributed by atoms with Gasteiger partial charge in [0.25, 0.3) is 0 Å². The van der Waals surface area contributed by atoms with Crippen molar-refractivity contribution in [2.75, 3.05) is 18.5 Å². The molecule has 0 aromatic heterocycles. The molecule has 3 N–H and O–H groups in total. The number of aliphatic hydroxyl groups excluding tert-OH is 1. The third-order valence-corrected chi connectivity index (χ3v) is 3.09. The zero-order chi connectivity index (χ0) is 13.7. The first kappa shape index (κ1) is 16.9. The molecule has 1 amide bonds. The third kappa shape index (κ3) is 4.76. The highest BCUT2D eigenvalue weighted by atomic mass is 35.5. The van der Waals surface area contributed by atoms with Crippen LogP contribution in [0, 0.1) is 0 Å². The average Bonchev–Trinajstić information content (AvgIpc) is 2.83. The number of benzene rings is 1. The van der Waals surface area contributed by atoms with Gasteiger partial charge in [-0.3, -0.25) is 4.79 Å². The number of β-amino-alcohol motifs (C(OH)–C–C–N with tert-alkyl or cyclic N) is 1. The Kier molecular flexibility index (Phi) is 6.95. The zero-order valence-electron chi connectivity index (χ0n) is 11.5. The molecular formula is C14H21ClN2O3. The lowest BCUT2D eigenvalue weighted by Gasteiger charge is -2.12. The lowest BCUT2D eigenvalue weighted by atomic mass is 10.1. The quantitative estimate of drug-likeness (QED) is 0.767. The Morgan fingerprint density at radius 3 is 3.00 bits per heavy atom. The summed E-state index contributed by atoms with van der Waals surface area (Å²) < 4.78 is 5.34. The van der Waals surface area contributed by atoms with Crippen LogP contribution in [0.25, 0.3) is 0 Å². The van der Waals surface area contributed by atoms with Crippen LogP contribution in [0.4, 0.5) is 5.69 Å². The number of carbonyl (C=O) groups excluding carboxylic acids is 1. The zero-order valence-corrected chi connectivity index (χ0v) is 12.3. The van der Waals surface area contributed by atoms with Crippen molar-refractivity contribution in [2.24, 2.45) is 0 Å². The van der Waals surface area contributed by atoms with Gasteiger partial charge >= 0.3 is 0 Å². The Labute approximate surface area is 125 Å². The maximum Gasteiger partial charge on any atom is 0.241 e. The van der Waals surface area contributed by atoms with Gasteiger partial charge in [0.1, 0.15) is 0 Å². The molecule has 1 aromatic carbocycles. The molecule has 0 bridgehead atoms. The molecule has 2 unspecified atom stereocenters. The summed E-state index contributed by atoms with van der Waals surface area (Å²) in [6.45, 7) is 3.63. The average molecular weight is 301 g/mol. The predicted molar refractivity (Wildman–Crippen MR) is 80.1 cm³/mol. The number of aliphatic hydroxyl groups is 1. The van der Waals surface area contributed by atoms with Crippen LogP contribution in [-0.2, 0) is 16.1 Å². The Morgan fingerprint density at radius 2 is 2.35 bits per heavy atom. The number of carbonyl (C=O) groups is 1. The summed E-state index contributed by atoms with van der Waals surface area (Å²) in [5.74, 6) is -0.106. The van der Waals surface area contributed by atoms with Gasteiger partial charge in [-0.05, 0) is 31.0 Å². The van der Waals surface area contributed by atoms with Crippen molar-refractivity contribution in [3.8, 4) is 0 Å². The maximum atomic E-state index is 12.0. The number of amides is 1. The highest BCUT2D eigenvalue weighted by Gasteiger charge is 2.27. The lowest BCUT2D eigenvalue weighted by molar-refractivity contribution is -0.117. The van der Waals surface area contributed by atoms with Crippen LogP contribution in [0.3, 0.4) is 0 Å². The Hall–Kier alpha value is -1.14. The fourth-order valence-electron chi connectivity index (χ4n) is 2.10. The minimum absolute atomic E-state index is 0. The SMILES string of the molecule is CCOCc1cccc(NC(=O)C2CC(O)CN2)c1.Cl. The van der Waals surface area contributed by atoms with Crippen molar-refractivity contribution in [1.82, 2.24) is 5.32 Å². The van der Waals surface area contributed by atoms with E-state index in [4.69, 9.17) is 4.74 Å². The molecule has 1 aliphatic heterocycles. The fourth-order valence-corrected chi connectivity index (χ4v) is 2.10. The monoisotopic (exact) mass is 300 g/mol. The maximum absolute atomic E-state index is 12.0. The molecule has 6 heteroatoms. The van der Waals surface area contributed by atoms with E-state index in [-0.39, 0.29) is 24.4 Å². The molecule has 0 radical (unpaired) electrons. The first-order valence-electron chi connectivity index (χ1n) is 6.58. The van der Waals surface area contributed by atoms with Crippen LogP contribution in [-0.4, -0.2) is 36.3 Å². The van der Waals surface area contributed by atoms with Crippen LogP contribution in [0.5, 0.6) is 0 Å². The Balaban J connectivity index is 0.00000200. The summed E-state index contributed by atoms with van der Waals surface area (Å²) in [5.41, 5.74) is 1.78. The molecule has 2 atom stereocenters. The molecule has 5 nitrogen and oxygen atoms in total. The van der Waals surface area contributed by atoms with Crippen molar-refractivity contribution in [3.05, 3.63) is 29.8 Å². The molecule has 112 valence electrons. The highest BCUT2D eigenvalue weighted by Crippen LogP contribution is 2.14. The molecule has 1 aromatic rings. The van der Waals surface area contributed by atoms with Gasteiger partial charge in [0.05, 0.1) is 18.8 Å². The second kappa shape index (κ2) is 8.21. The number of hydrogen-bond donors (Lipinski definition) is 3. The molecule has 20 heavy (non-hydrogen) atoms. The van der Waals surface area contributed by atoms with E-state index in [9.17, 15) is 9.90 Å². The molecule has 0 aliphatic carbocycles. The highest BCUT2D eigenvalue weighted by molar-refractivity contribution is 5.95. The topological polar surface area (TPSA) is 70.6 Å². The van der Waals surface area contributed by atoms with E-state index in [1.54, 1.807) is 0 Å². The minimum atomic E-state index is -0.431. The summed E-state index contributed by atoms with van der Waals surface area (Å²) in [6, 6.07) is 7.28. The second-order valence-corrected chi connectivity index (χ2v) is 4.68. The number of halogens is 1. The van der Waals surface area contributed by atoms with Crippen LogP contribution >= 0.6 is 12.4 Å². The van der Waals surface area contributed by atoms with Gasteiger partial charge in [0, 0.05) is 18.8 Å². The van der Waals surface area contributed by atoms with Crippen LogP contribution in [0.15, 0.2) is 24.3 Å². The second-order valence-electron chi connectivity index (χ2n) is 4.68. The third-order valence-electron chi connectivity index (χ3n) is 3.09. The number of hydrogen-bond acceptors (Lipinski definition) is 4. The Morgan fingerprint density at radius 1 is 1.55 bits per heavy atom. The summed E-state index contributed by atoms with van der Waals surface area (Å²) in [7, 11) is 0. The van der Waals surface area contributed by atoms with Gasteiger partial charge < -0.3 is 20.5 Å². The molecule has 1 aliphatic rings. The van der Waals surface area contributed by atoms with E-state index in [2.05, 4.69) is 10.6 Å². The molecule has 1 saturated heterocycles. The number of rotatable bonds is 5. The van der Waals surface area contributed by atoms with Crippen LogP contribution in [0.1, 0.15) is 18.9 Å². The van der Waals surface area contributed by atoms with E-state index in [0.717, 1.165) is 11.3 Å². The molecule has 1 fully saturated rings. The van der Waals surface area contributed by atoms with Crippen molar-refractivity contribution in [2.45, 2.75) is 32.1 Å². The minimum Gasteiger partial charge on any atom is -0.392 e.